The average Bonchev–Trinajstić information content (AvgIpc) is 2.71. The number of amides is 1. The summed E-state index contributed by atoms with van der Waals surface area (Å²) in [5.41, 5.74) is -1.44. The van der Waals surface area contributed by atoms with Gasteiger partial charge in [-0.2, -0.15) is 17.9 Å². The number of halogens is 5. The molecule has 3 N–H and O–H groups in total. The number of ether oxygens (including phenoxy) is 1. The first-order chi connectivity index (χ1) is 15.2. The van der Waals surface area contributed by atoms with Crippen LogP contribution in [0.4, 0.5) is 18.9 Å². The van der Waals surface area contributed by atoms with Gasteiger partial charge in [0.15, 0.2) is 6.61 Å². The minimum atomic E-state index is -4.68. The second kappa shape index (κ2) is 10.7. The molecule has 2 atom stereocenters. The zero-order valence-electron chi connectivity index (χ0n) is 16.7. The molecule has 2 unspecified atom stereocenters. The Morgan fingerprint density at radius 3 is 2.27 bits per heavy atom. The van der Waals surface area contributed by atoms with Crippen LogP contribution in [-0.4, -0.2) is 44.2 Å². The Bertz CT molecular complexity index is 1130. The minimum Gasteiger partial charge on any atom is -0.454 e. The van der Waals surface area contributed by atoms with Crippen molar-refractivity contribution in [3.05, 3.63) is 58.1 Å². The van der Waals surface area contributed by atoms with Crippen molar-refractivity contribution in [1.29, 1.82) is 0 Å². The van der Waals surface area contributed by atoms with Crippen LogP contribution in [0.3, 0.4) is 0 Å². The fourth-order valence-electron chi connectivity index (χ4n) is 2.40. The average molecular weight is 529 g/mol. The zero-order valence-corrected chi connectivity index (χ0v) is 19.0. The number of rotatable bonds is 8. The van der Waals surface area contributed by atoms with Crippen LogP contribution in [0.15, 0.2) is 47.4 Å². The molecule has 0 saturated heterocycles. The molecule has 180 valence electrons. The summed E-state index contributed by atoms with van der Waals surface area (Å²) in [4.78, 5) is 24.0. The molecule has 2 aromatic rings. The number of hydrogen-bond donors (Lipinski definition) is 3. The molecule has 0 heterocycles. The van der Waals surface area contributed by atoms with E-state index >= 15 is 0 Å². The van der Waals surface area contributed by atoms with Crippen molar-refractivity contribution in [2.75, 3.05) is 11.9 Å². The van der Waals surface area contributed by atoms with Gasteiger partial charge in [0.2, 0.25) is 10.0 Å². The third-order valence-electron chi connectivity index (χ3n) is 4.06. The fraction of sp³-hybridized carbons (Fsp3) is 0.263. The fourth-order valence-corrected chi connectivity index (χ4v) is 3.95. The lowest BCUT2D eigenvalue weighted by Crippen LogP contribution is -2.48. The summed E-state index contributed by atoms with van der Waals surface area (Å²) in [5, 5.41) is 11.9. The molecule has 0 saturated carbocycles. The summed E-state index contributed by atoms with van der Waals surface area (Å²) in [5.74, 6) is -2.35. The van der Waals surface area contributed by atoms with Gasteiger partial charge in [-0.15, -0.1) is 0 Å². The molecule has 14 heteroatoms. The number of anilines is 1. The van der Waals surface area contributed by atoms with E-state index in [1.165, 1.54) is 24.3 Å². The van der Waals surface area contributed by atoms with Crippen molar-refractivity contribution in [3.8, 4) is 0 Å². The number of aliphatic hydroxyl groups is 1. The molecule has 0 bridgehead atoms. The molecule has 0 aliphatic rings. The summed E-state index contributed by atoms with van der Waals surface area (Å²) in [6.07, 6.45) is -6.23. The van der Waals surface area contributed by atoms with Gasteiger partial charge < -0.3 is 15.2 Å². The van der Waals surface area contributed by atoms with Crippen LogP contribution >= 0.6 is 23.2 Å². The van der Waals surface area contributed by atoms with Gasteiger partial charge in [-0.05, 0) is 49.4 Å². The molecule has 0 fully saturated rings. The van der Waals surface area contributed by atoms with Crippen molar-refractivity contribution in [2.45, 2.75) is 30.1 Å². The highest BCUT2D eigenvalue weighted by Gasteiger charge is 2.32. The van der Waals surface area contributed by atoms with E-state index in [0.29, 0.717) is 6.07 Å². The van der Waals surface area contributed by atoms with Crippen LogP contribution in [0.5, 0.6) is 0 Å². The predicted octanol–water partition coefficient (Wildman–Crippen LogP) is 3.22. The van der Waals surface area contributed by atoms with Crippen LogP contribution in [0, 0.1) is 0 Å². The van der Waals surface area contributed by atoms with Crippen molar-refractivity contribution < 1.29 is 41.0 Å². The number of carbonyl (C=O) groups is 2. The molecule has 0 radical (unpaired) electrons. The number of nitrogens with one attached hydrogen (secondary N) is 2. The van der Waals surface area contributed by atoms with Gasteiger partial charge in [0.05, 0.1) is 27.3 Å². The largest absolute Gasteiger partial charge is 0.454 e. The van der Waals surface area contributed by atoms with E-state index in [2.05, 4.69) is 5.32 Å². The molecule has 1 amide bonds. The smallest absolute Gasteiger partial charge is 0.416 e. The maximum atomic E-state index is 12.8. The second-order valence-electron chi connectivity index (χ2n) is 6.64. The van der Waals surface area contributed by atoms with Crippen LogP contribution in [0.25, 0.3) is 0 Å². The third-order valence-corrected chi connectivity index (χ3v) is 6.09. The summed E-state index contributed by atoms with van der Waals surface area (Å²) < 4.78 is 70.0. The van der Waals surface area contributed by atoms with Crippen molar-refractivity contribution >= 4 is 50.8 Å². The highest BCUT2D eigenvalue weighted by Crippen LogP contribution is 2.33. The molecule has 8 nitrogen and oxygen atoms in total. The Morgan fingerprint density at radius 2 is 1.73 bits per heavy atom. The Hall–Kier alpha value is -2.38. The van der Waals surface area contributed by atoms with Crippen LogP contribution in [0.2, 0.25) is 10.0 Å². The topological polar surface area (TPSA) is 122 Å². The normalized spacial score (nSPS) is 13.8. The lowest BCUT2D eigenvalue weighted by molar-refractivity contribution is -0.151. The summed E-state index contributed by atoms with van der Waals surface area (Å²) in [6.45, 7) is 0.121. The molecular weight excluding hydrogens is 512 g/mol. The van der Waals surface area contributed by atoms with Gasteiger partial charge in [-0.1, -0.05) is 23.2 Å². The van der Waals surface area contributed by atoms with Crippen LogP contribution < -0.4 is 10.0 Å². The summed E-state index contributed by atoms with van der Waals surface area (Å²) >= 11 is 11.5. The van der Waals surface area contributed by atoms with Crippen LogP contribution in [0.1, 0.15) is 12.5 Å². The number of sulfonamides is 1. The number of aliphatic hydroxyl groups excluding tert-OH is 1. The SMILES string of the molecule is CC(O)C(NS(=O)(=O)c1ccc(Cl)cc1)C(=O)OCC(=O)Nc1cc(C(F)(F)F)ccc1Cl. The zero-order chi connectivity index (χ0) is 25.0. The molecule has 0 spiro atoms. The summed E-state index contributed by atoms with van der Waals surface area (Å²) in [6, 6.07) is 5.41. The first-order valence-electron chi connectivity index (χ1n) is 9.00. The quantitative estimate of drug-likeness (QED) is 0.452. The number of benzene rings is 2. The lowest BCUT2D eigenvalue weighted by Gasteiger charge is -2.20. The molecule has 0 aliphatic carbocycles. The van der Waals surface area contributed by atoms with E-state index in [1.54, 1.807) is 0 Å². The predicted molar refractivity (Wildman–Crippen MR) is 113 cm³/mol. The highest BCUT2D eigenvalue weighted by molar-refractivity contribution is 7.89. The first kappa shape index (κ1) is 26.9. The van der Waals surface area contributed by atoms with Gasteiger partial charge in [-0.3, -0.25) is 9.59 Å². The van der Waals surface area contributed by atoms with E-state index in [1.807, 2.05) is 4.72 Å². The Balaban J connectivity index is 2.05. The lowest BCUT2D eigenvalue weighted by atomic mass is 10.2. The highest BCUT2D eigenvalue weighted by atomic mass is 35.5. The monoisotopic (exact) mass is 528 g/mol. The maximum absolute atomic E-state index is 12.8. The summed E-state index contributed by atoms with van der Waals surface area (Å²) in [7, 11) is -4.27. The molecule has 0 aliphatic heterocycles. The molecule has 33 heavy (non-hydrogen) atoms. The number of esters is 1. The van der Waals surface area contributed by atoms with E-state index in [9.17, 15) is 36.3 Å². The second-order valence-corrected chi connectivity index (χ2v) is 9.20. The Morgan fingerprint density at radius 1 is 1.12 bits per heavy atom. The van der Waals surface area contributed by atoms with Gasteiger partial charge >= 0.3 is 12.1 Å². The van der Waals surface area contributed by atoms with Gasteiger partial charge in [0, 0.05) is 5.02 Å². The minimum absolute atomic E-state index is 0.194. The molecule has 2 aromatic carbocycles. The van der Waals surface area contributed by atoms with Crippen molar-refractivity contribution in [1.82, 2.24) is 4.72 Å². The van der Waals surface area contributed by atoms with Crippen molar-refractivity contribution in [2.24, 2.45) is 0 Å². The molecule has 0 aromatic heterocycles. The van der Waals surface area contributed by atoms with E-state index < -0.39 is 52.4 Å². The van der Waals surface area contributed by atoms with Gasteiger partial charge in [0.25, 0.3) is 5.91 Å². The van der Waals surface area contributed by atoms with E-state index in [-0.39, 0.29) is 20.6 Å². The first-order valence-corrected chi connectivity index (χ1v) is 11.2. The van der Waals surface area contributed by atoms with Crippen LogP contribution in [-0.2, 0) is 30.5 Å². The number of alkyl halides is 3. The Kier molecular flexibility index (Phi) is 8.71. The molecular formula is C19H17Cl2F3N2O6S. The number of hydrogen-bond acceptors (Lipinski definition) is 6. The van der Waals surface area contributed by atoms with Gasteiger partial charge in [-0.25, -0.2) is 8.42 Å². The molecule has 2 rings (SSSR count). The third kappa shape index (κ3) is 7.57. The number of carbonyl (C=O) groups excluding carboxylic acids is 2. The maximum Gasteiger partial charge on any atom is 0.416 e. The Labute approximate surface area is 196 Å². The van der Waals surface area contributed by atoms with Gasteiger partial charge in [0.1, 0.15) is 6.04 Å². The standard InChI is InChI=1S/C19H17Cl2F3N2O6S/c1-10(27)17(26-33(30,31)13-5-3-12(20)4-6-13)18(29)32-9-16(28)25-15-8-11(19(22,23)24)2-7-14(15)21/h2-8,10,17,26-27H,9H2,1H3,(H,25,28). The van der Waals surface area contributed by atoms with E-state index in [0.717, 1.165) is 19.1 Å². The van der Waals surface area contributed by atoms with E-state index in [4.69, 9.17) is 27.9 Å². The van der Waals surface area contributed by atoms with Crippen molar-refractivity contribution in [3.63, 3.8) is 0 Å².